The van der Waals surface area contributed by atoms with Crippen LogP contribution in [0.4, 0.5) is 11.4 Å². The average Bonchev–Trinajstić information content (AvgIpc) is 3.38. The molecule has 0 unspecified atom stereocenters. The molecular formula is C25H23Cl2N2O4S-. The number of carboxylic acids is 1. The average molecular weight is 518 g/mol. The lowest BCUT2D eigenvalue weighted by atomic mass is 9.72. The lowest BCUT2D eigenvalue weighted by molar-refractivity contribution is -0.140. The molecule has 2 aromatic rings. The number of allylic oxidation sites excluding steroid dienone is 2. The highest BCUT2D eigenvalue weighted by Gasteiger charge is 2.56. The van der Waals surface area contributed by atoms with Gasteiger partial charge in [-0.05, 0) is 60.1 Å². The molecule has 0 spiro atoms. The summed E-state index contributed by atoms with van der Waals surface area (Å²) in [5, 5.41) is 31.6. The zero-order valence-electron chi connectivity index (χ0n) is 18.1. The van der Waals surface area contributed by atoms with Crippen LogP contribution >= 0.6 is 35.0 Å². The van der Waals surface area contributed by atoms with Gasteiger partial charge in [0.05, 0.1) is 11.1 Å². The number of benzene rings is 2. The Bertz CT molecular complexity index is 1190. The first-order valence-electron chi connectivity index (χ1n) is 11.4. The lowest BCUT2D eigenvalue weighted by Gasteiger charge is -2.49. The van der Waals surface area contributed by atoms with E-state index in [1.54, 1.807) is 24.3 Å². The smallest absolute Gasteiger partial charge is 0.326 e. The van der Waals surface area contributed by atoms with Crippen LogP contribution in [-0.4, -0.2) is 39.5 Å². The summed E-state index contributed by atoms with van der Waals surface area (Å²) in [5.41, 5.74) is 3.28. The maximum absolute atomic E-state index is 12.7. The number of halogens is 2. The minimum Gasteiger partial charge on any atom is -0.733 e. The number of fused-ring (bicyclic) bond motifs is 4. The molecule has 4 aliphatic rings. The Labute approximate surface area is 211 Å². The fourth-order valence-corrected chi connectivity index (χ4v) is 8.79. The van der Waals surface area contributed by atoms with Crippen molar-refractivity contribution < 1.29 is 15.1 Å². The second-order valence-electron chi connectivity index (χ2n) is 9.58. The van der Waals surface area contributed by atoms with Gasteiger partial charge in [0.25, 0.3) is 0 Å². The summed E-state index contributed by atoms with van der Waals surface area (Å²) in [6.07, 6.45) is 5.93. The van der Waals surface area contributed by atoms with Gasteiger partial charge in [0.15, 0.2) is 0 Å². The maximum Gasteiger partial charge on any atom is 0.326 e. The van der Waals surface area contributed by atoms with Crippen LogP contribution in [0.1, 0.15) is 35.8 Å². The number of nitrogens with zero attached hydrogens (tertiary/aromatic N) is 2. The summed E-state index contributed by atoms with van der Waals surface area (Å²) >= 11 is 15.1. The molecule has 0 amide bonds. The summed E-state index contributed by atoms with van der Waals surface area (Å²) in [5.74, 6) is -0.603. The SMILES string of the molecule is O=C(O)[C@@H]1[C@@H]2C[C@H](Sc3ccccc3N([O-])O)[C@H](Cl)[C@@H]2c2cc(Cl)cc3c2N1C[C@H]1CC=C[C@@H]31. The molecule has 178 valence electrons. The van der Waals surface area contributed by atoms with Gasteiger partial charge >= 0.3 is 5.97 Å². The largest absolute Gasteiger partial charge is 0.733 e. The maximum atomic E-state index is 12.7. The number of thioether (sulfide) groups is 1. The first kappa shape index (κ1) is 22.6. The van der Waals surface area contributed by atoms with E-state index >= 15 is 0 Å². The molecule has 2 aliphatic heterocycles. The second-order valence-corrected chi connectivity index (χ2v) is 11.8. The third-order valence-corrected chi connectivity index (χ3v) is 10.2. The van der Waals surface area contributed by atoms with E-state index in [0.717, 1.165) is 23.2 Å². The van der Waals surface area contributed by atoms with E-state index < -0.39 is 12.0 Å². The molecule has 0 saturated heterocycles. The first-order valence-corrected chi connectivity index (χ1v) is 13.1. The number of rotatable bonds is 4. The van der Waals surface area contributed by atoms with Gasteiger partial charge < -0.3 is 20.4 Å². The molecule has 6 rings (SSSR count). The fraction of sp³-hybridized carbons (Fsp3) is 0.400. The summed E-state index contributed by atoms with van der Waals surface area (Å²) in [4.78, 5) is 15.4. The summed E-state index contributed by atoms with van der Waals surface area (Å²) in [6, 6.07) is 10.1. The quantitative estimate of drug-likeness (QED) is 0.298. The molecule has 34 heavy (non-hydrogen) atoms. The van der Waals surface area contributed by atoms with Crippen LogP contribution in [0.2, 0.25) is 5.02 Å². The van der Waals surface area contributed by atoms with Gasteiger partial charge in [-0.25, -0.2) is 4.79 Å². The molecule has 0 bridgehead atoms. The molecule has 6 nitrogen and oxygen atoms in total. The van der Waals surface area contributed by atoms with Crippen molar-refractivity contribution in [1.29, 1.82) is 0 Å². The third kappa shape index (κ3) is 3.36. The van der Waals surface area contributed by atoms with Crippen molar-refractivity contribution in [3.8, 4) is 0 Å². The minimum atomic E-state index is -0.832. The number of alkyl halides is 1. The fourth-order valence-electron chi connectivity index (χ4n) is 6.61. The highest BCUT2D eigenvalue weighted by molar-refractivity contribution is 8.00. The van der Waals surface area contributed by atoms with Crippen LogP contribution < -0.4 is 10.1 Å². The van der Waals surface area contributed by atoms with Crippen LogP contribution in [0, 0.1) is 17.0 Å². The Balaban J connectivity index is 1.44. The molecule has 1 fully saturated rings. The number of aliphatic carboxylic acids is 1. The van der Waals surface area contributed by atoms with Crippen LogP contribution in [0.15, 0.2) is 53.4 Å². The number of anilines is 2. The van der Waals surface area contributed by atoms with E-state index in [0.29, 0.717) is 28.8 Å². The lowest BCUT2D eigenvalue weighted by Crippen LogP contribution is -2.55. The molecule has 0 radical (unpaired) electrons. The van der Waals surface area contributed by atoms with Crippen LogP contribution in [-0.2, 0) is 4.79 Å². The highest BCUT2D eigenvalue weighted by atomic mass is 35.5. The Morgan fingerprint density at radius 3 is 2.76 bits per heavy atom. The van der Waals surface area contributed by atoms with Crippen molar-refractivity contribution >= 4 is 52.3 Å². The Hall–Kier alpha value is -1.90. The predicted octanol–water partition coefficient (Wildman–Crippen LogP) is 5.85. The summed E-state index contributed by atoms with van der Waals surface area (Å²) in [6.45, 7) is 0.697. The van der Waals surface area contributed by atoms with Gasteiger partial charge in [0, 0.05) is 39.2 Å². The molecule has 2 aliphatic carbocycles. The Morgan fingerprint density at radius 2 is 2.00 bits per heavy atom. The highest BCUT2D eigenvalue weighted by Crippen LogP contribution is 2.60. The molecule has 2 N–H and O–H groups in total. The van der Waals surface area contributed by atoms with Crippen molar-refractivity contribution in [3.05, 3.63) is 69.9 Å². The van der Waals surface area contributed by atoms with Crippen molar-refractivity contribution in [2.75, 3.05) is 16.7 Å². The van der Waals surface area contributed by atoms with Crippen molar-refractivity contribution in [3.63, 3.8) is 0 Å². The van der Waals surface area contributed by atoms with Crippen molar-refractivity contribution in [1.82, 2.24) is 0 Å². The van der Waals surface area contributed by atoms with Gasteiger partial charge in [-0.1, -0.05) is 35.9 Å². The second kappa shape index (κ2) is 8.35. The zero-order valence-corrected chi connectivity index (χ0v) is 20.4. The molecular weight excluding hydrogens is 495 g/mol. The van der Waals surface area contributed by atoms with E-state index in [1.807, 2.05) is 12.1 Å². The molecule has 1 saturated carbocycles. The molecule has 2 heterocycles. The van der Waals surface area contributed by atoms with Crippen molar-refractivity contribution in [2.24, 2.45) is 11.8 Å². The molecule has 2 aromatic carbocycles. The predicted molar refractivity (Wildman–Crippen MR) is 134 cm³/mol. The van der Waals surface area contributed by atoms with E-state index in [4.69, 9.17) is 23.2 Å². The number of carboxylic acid groups (broad SMARTS) is 1. The van der Waals surface area contributed by atoms with E-state index in [-0.39, 0.29) is 39.3 Å². The summed E-state index contributed by atoms with van der Waals surface area (Å²) < 4.78 is 0. The van der Waals surface area contributed by atoms with Gasteiger partial charge in [-0.15, -0.1) is 23.4 Å². The number of carbonyl (C=O) groups is 1. The van der Waals surface area contributed by atoms with Crippen LogP contribution in [0.25, 0.3) is 0 Å². The van der Waals surface area contributed by atoms with Gasteiger partial charge in [-0.3, -0.25) is 5.21 Å². The molecule has 7 atom stereocenters. The van der Waals surface area contributed by atoms with Crippen LogP contribution in [0.3, 0.4) is 0 Å². The van der Waals surface area contributed by atoms with E-state index in [1.165, 1.54) is 11.8 Å². The topological polar surface area (TPSA) is 87.1 Å². The van der Waals surface area contributed by atoms with Gasteiger partial charge in [0.1, 0.15) is 6.04 Å². The van der Waals surface area contributed by atoms with Gasteiger partial charge in [0.2, 0.25) is 0 Å². The summed E-state index contributed by atoms with van der Waals surface area (Å²) in [7, 11) is 0. The number of para-hydroxylation sites is 1. The number of hydrogen-bond acceptors (Lipinski definition) is 6. The Morgan fingerprint density at radius 1 is 1.24 bits per heavy atom. The standard InChI is InChI=1S/C25H23Cl2N2O4S/c26-13-8-15-14-5-3-4-12(14)11-28-23(15)16(9-13)21-17(24(28)25(30)31)10-20(22(21)27)34-19-7-2-1-6-18(19)29(32)33/h1-3,5-9,12,14,17,20-22,24,32H,4,10-11H2,(H,30,31)/q-1/t12-,14-,17-,20+,21-,22+,24+/m1/s1. The zero-order chi connectivity index (χ0) is 23.7. The third-order valence-electron chi connectivity index (χ3n) is 7.87. The normalized spacial score (nSPS) is 32.8. The first-order chi connectivity index (χ1) is 16.3. The van der Waals surface area contributed by atoms with E-state index in [2.05, 4.69) is 17.1 Å². The molecule has 9 heteroatoms. The van der Waals surface area contributed by atoms with Crippen LogP contribution in [0.5, 0.6) is 0 Å². The Kier molecular flexibility index (Phi) is 5.54. The monoisotopic (exact) mass is 517 g/mol. The van der Waals surface area contributed by atoms with Crippen molar-refractivity contribution in [2.45, 2.75) is 46.2 Å². The molecule has 0 aromatic heterocycles. The number of hydrogen-bond donors (Lipinski definition) is 2. The minimum absolute atomic E-state index is 0.130. The van der Waals surface area contributed by atoms with Gasteiger partial charge in [-0.2, -0.15) is 0 Å². The van der Waals surface area contributed by atoms with E-state index in [9.17, 15) is 20.3 Å².